The van der Waals surface area contributed by atoms with Gasteiger partial charge in [0.15, 0.2) is 0 Å². The van der Waals surface area contributed by atoms with Gasteiger partial charge in [-0.3, -0.25) is 0 Å². The van der Waals surface area contributed by atoms with Gasteiger partial charge in [0, 0.05) is 38.5 Å². The van der Waals surface area contributed by atoms with E-state index in [9.17, 15) is 0 Å². The Hall–Kier alpha value is -5.16. The van der Waals surface area contributed by atoms with Gasteiger partial charge in [-0.15, -0.1) is 10.2 Å². The van der Waals surface area contributed by atoms with Crippen LogP contribution in [-0.4, -0.2) is 19.3 Å². The van der Waals surface area contributed by atoms with Gasteiger partial charge in [0.2, 0.25) is 12.3 Å². The maximum absolute atomic E-state index is 5.67. The molecule has 0 spiro atoms. The Balaban J connectivity index is 1.51. The lowest BCUT2D eigenvalue weighted by atomic mass is 10.1. The molecule has 0 radical (unpaired) electrons. The fraction of sp³-hybridized carbons (Fsp3) is 0. The summed E-state index contributed by atoms with van der Waals surface area (Å²) in [5.74, 6) is 0.490. The van der Waals surface area contributed by atoms with Gasteiger partial charge in [-0.1, -0.05) is 72.8 Å². The number of fused-ring (bicyclic) bond motifs is 6. The van der Waals surface area contributed by atoms with Crippen molar-refractivity contribution < 1.29 is 4.42 Å². The zero-order valence-corrected chi connectivity index (χ0v) is 19.7. The fourth-order valence-electron chi connectivity index (χ4n) is 5.68. The Bertz CT molecular complexity index is 1860. The highest BCUT2D eigenvalue weighted by Gasteiger charge is 2.18. The van der Waals surface area contributed by atoms with Crippen molar-refractivity contribution in [3.63, 3.8) is 0 Å². The van der Waals surface area contributed by atoms with E-state index in [4.69, 9.17) is 4.42 Å². The highest BCUT2D eigenvalue weighted by atomic mass is 16.4. The third kappa shape index (κ3) is 2.91. The maximum Gasteiger partial charge on any atom is 0.247 e. The van der Waals surface area contributed by atoms with Gasteiger partial charge in [-0.05, 0) is 42.5 Å². The lowest BCUT2D eigenvalue weighted by Crippen LogP contribution is -2.00. The molecule has 0 unspecified atom stereocenters. The van der Waals surface area contributed by atoms with Crippen molar-refractivity contribution >= 4 is 43.6 Å². The summed E-state index contributed by atoms with van der Waals surface area (Å²) in [6.45, 7) is 0. The van der Waals surface area contributed by atoms with Crippen LogP contribution in [0, 0.1) is 0 Å². The Morgan fingerprint density at radius 2 is 0.892 bits per heavy atom. The maximum atomic E-state index is 5.67. The molecule has 0 amide bonds. The van der Waals surface area contributed by atoms with Gasteiger partial charge < -0.3 is 13.6 Å². The summed E-state index contributed by atoms with van der Waals surface area (Å²) in [6.07, 6.45) is 1.38. The average Bonchev–Trinajstić information content (AvgIpc) is 3.68. The largest absolute Gasteiger partial charge is 0.423 e. The van der Waals surface area contributed by atoms with Crippen molar-refractivity contribution in [1.29, 1.82) is 0 Å². The third-order valence-electron chi connectivity index (χ3n) is 7.19. The molecule has 0 aliphatic carbocycles. The predicted molar refractivity (Wildman–Crippen MR) is 148 cm³/mol. The first kappa shape index (κ1) is 20.1. The number of nitrogens with zero attached hydrogens (tertiary/aromatic N) is 4. The number of hydrogen-bond acceptors (Lipinski definition) is 3. The minimum atomic E-state index is 0.490. The monoisotopic (exact) mass is 476 g/mol. The van der Waals surface area contributed by atoms with Crippen LogP contribution in [0.4, 0.5) is 0 Å². The predicted octanol–water partition coefficient (Wildman–Crippen LogP) is 7.93. The van der Waals surface area contributed by atoms with Gasteiger partial charge in [-0.2, -0.15) is 0 Å². The molecular formula is C32H20N4O. The van der Waals surface area contributed by atoms with E-state index in [1.54, 1.807) is 0 Å². The Kier molecular flexibility index (Phi) is 4.16. The molecular weight excluding hydrogens is 456 g/mol. The molecule has 0 aliphatic rings. The summed E-state index contributed by atoms with van der Waals surface area (Å²) < 4.78 is 10.3. The zero-order valence-electron chi connectivity index (χ0n) is 19.7. The van der Waals surface area contributed by atoms with Gasteiger partial charge >= 0.3 is 0 Å². The van der Waals surface area contributed by atoms with Crippen LogP contribution in [-0.2, 0) is 0 Å². The van der Waals surface area contributed by atoms with E-state index in [0.29, 0.717) is 5.89 Å². The first-order valence-corrected chi connectivity index (χ1v) is 12.3. The molecule has 8 aromatic rings. The number of benzene rings is 5. The van der Waals surface area contributed by atoms with Gasteiger partial charge in [0.25, 0.3) is 0 Å². The zero-order chi connectivity index (χ0) is 24.3. The van der Waals surface area contributed by atoms with Crippen LogP contribution in [0.25, 0.3) is 66.4 Å². The molecule has 0 atom stereocenters. The highest BCUT2D eigenvalue weighted by molar-refractivity contribution is 6.10. The van der Waals surface area contributed by atoms with Crippen molar-refractivity contribution in [3.05, 3.63) is 122 Å². The molecule has 0 aliphatic heterocycles. The number of aromatic nitrogens is 4. The third-order valence-corrected chi connectivity index (χ3v) is 7.19. The minimum Gasteiger partial charge on any atom is -0.423 e. The summed E-state index contributed by atoms with van der Waals surface area (Å²) in [4.78, 5) is 0. The average molecular weight is 477 g/mol. The van der Waals surface area contributed by atoms with E-state index in [1.807, 2.05) is 0 Å². The summed E-state index contributed by atoms with van der Waals surface area (Å²) >= 11 is 0. The summed E-state index contributed by atoms with van der Waals surface area (Å²) in [5.41, 5.74) is 7.54. The minimum absolute atomic E-state index is 0.490. The van der Waals surface area contributed by atoms with Crippen LogP contribution in [0.15, 0.2) is 126 Å². The van der Waals surface area contributed by atoms with E-state index in [1.165, 1.54) is 27.9 Å². The highest BCUT2D eigenvalue weighted by Crippen LogP contribution is 2.37. The molecule has 0 saturated heterocycles. The second-order valence-corrected chi connectivity index (χ2v) is 9.22. The van der Waals surface area contributed by atoms with Crippen molar-refractivity contribution in [2.45, 2.75) is 0 Å². The molecule has 174 valence electrons. The van der Waals surface area contributed by atoms with E-state index in [0.717, 1.165) is 39.0 Å². The second-order valence-electron chi connectivity index (χ2n) is 9.22. The molecule has 5 aromatic carbocycles. The standard InChI is InChI=1S/C32H20N4O/c1-5-13-28-24(9-1)25-10-2-6-14-29(25)35(28)22-17-21(32-34-33-20-37-32)18-23(19-22)36-30-15-7-3-11-26(30)27-12-4-8-16-31(27)36/h1-20H. The lowest BCUT2D eigenvalue weighted by Gasteiger charge is -2.14. The molecule has 0 N–H and O–H groups in total. The molecule has 5 heteroatoms. The molecule has 0 saturated carbocycles. The van der Waals surface area contributed by atoms with Gasteiger partial charge in [0.1, 0.15) is 0 Å². The van der Waals surface area contributed by atoms with Crippen molar-refractivity contribution in [1.82, 2.24) is 19.3 Å². The second kappa shape index (κ2) is 7.67. The molecule has 3 aromatic heterocycles. The van der Waals surface area contributed by atoms with Gasteiger partial charge in [0.05, 0.1) is 22.1 Å². The normalized spacial score (nSPS) is 11.8. The molecule has 5 nitrogen and oxygen atoms in total. The van der Waals surface area contributed by atoms with E-state index >= 15 is 0 Å². The number of hydrogen-bond donors (Lipinski definition) is 0. The first-order chi connectivity index (χ1) is 18.4. The van der Waals surface area contributed by atoms with Crippen molar-refractivity contribution in [2.75, 3.05) is 0 Å². The summed E-state index contributed by atoms with van der Waals surface area (Å²) in [6, 6.07) is 40.7. The van der Waals surface area contributed by atoms with Crippen LogP contribution >= 0.6 is 0 Å². The van der Waals surface area contributed by atoms with Crippen molar-refractivity contribution in [3.8, 4) is 22.8 Å². The van der Waals surface area contributed by atoms with E-state index in [-0.39, 0.29) is 0 Å². The van der Waals surface area contributed by atoms with E-state index < -0.39 is 0 Å². The molecule has 37 heavy (non-hydrogen) atoms. The van der Waals surface area contributed by atoms with Crippen LogP contribution in [0.5, 0.6) is 0 Å². The summed E-state index contributed by atoms with van der Waals surface area (Å²) in [5, 5.41) is 13.1. The number of para-hydroxylation sites is 4. The molecule has 0 bridgehead atoms. The summed E-state index contributed by atoms with van der Waals surface area (Å²) in [7, 11) is 0. The smallest absolute Gasteiger partial charge is 0.247 e. The molecule has 0 fully saturated rings. The topological polar surface area (TPSA) is 48.8 Å². The van der Waals surface area contributed by atoms with Crippen LogP contribution in [0.2, 0.25) is 0 Å². The van der Waals surface area contributed by atoms with Crippen LogP contribution in [0.3, 0.4) is 0 Å². The van der Waals surface area contributed by atoms with Crippen LogP contribution < -0.4 is 0 Å². The molecule has 8 rings (SSSR count). The van der Waals surface area contributed by atoms with E-state index in [2.05, 4.69) is 135 Å². The lowest BCUT2D eigenvalue weighted by molar-refractivity contribution is 0.568. The quantitative estimate of drug-likeness (QED) is 0.260. The molecule has 3 heterocycles. The number of rotatable bonds is 3. The van der Waals surface area contributed by atoms with Gasteiger partial charge in [-0.25, -0.2) is 0 Å². The Morgan fingerprint density at radius 3 is 1.27 bits per heavy atom. The van der Waals surface area contributed by atoms with Crippen LogP contribution in [0.1, 0.15) is 0 Å². The first-order valence-electron chi connectivity index (χ1n) is 12.3. The Labute approximate surface area is 211 Å². The van der Waals surface area contributed by atoms with Crippen molar-refractivity contribution in [2.24, 2.45) is 0 Å². The Morgan fingerprint density at radius 1 is 0.486 bits per heavy atom. The SMILES string of the molecule is c1ccc2c(c1)c1ccccc1n2-c1cc(-c2nnco2)cc(-n2c3ccccc3c3ccccc32)c1. The fourth-order valence-corrected chi connectivity index (χ4v) is 5.68.